The summed E-state index contributed by atoms with van der Waals surface area (Å²) in [6.45, 7) is 3.94. The maximum absolute atomic E-state index is 12.1. The molecule has 5 heteroatoms. The number of hydrogen-bond acceptors (Lipinski definition) is 4. The van der Waals surface area contributed by atoms with Crippen molar-refractivity contribution in [2.75, 3.05) is 18.0 Å². The van der Waals surface area contributed by atoms with E-state index in [4.69, 9.17) is 0 Å². The van der Waals surface area contributed by atoms with Gasteiger partial charge in [-0.15, -0.1) is 10.2 Å². The van der Waals surface area contributed by atoms with E-state index in [2.05, 4.69) is 20.1 Å². The molecule has 0 amide bonds. The van der Waals surface area contributed by atoms with Gasteiger partial charge < -0.3 is 4.90 Å². The summed E-state index contributed by atoms with van der Waals surface area (Å²) in [5, 5.41) is 8.26. The standard InChI is InChI=1S/C15H18N4O/c1-11-4-6-12(7-5-11)10-13-14(20)16-15(18-17-13)19-8-2-3-9-19/h4-7H,2-3,8-10H2,1H3,(H,16,18,20). The lowest BCUT2D eigenvalue weighted by atomic mass is 10.1. The molecule has 2 heterocycles. The van der Waals surface area contributed by atoms with Crippen LogP contribution in [-0.2, 0) is 6.42 Å². The lowest BCUT2D eigenvalue weighted by Gasteiger charge is -2.14. The van der Waals surface area contributed by atoms with Crippen LogP contribution in [0.15, 0.2) is 29.1 Å². The minimum Gasteiger partial charge on any atom is -0.341 e. The van der Waals surface area contributed by atoms with Gasteiger partial charge in [0.15, 0.2) is 0 Å². The molecule has 1 fully saturated rings. The van der Waals surface area contributed by atoms with Gasteiger partial charge in [0.05, 0.1) is 0 Å². The predicted molar refractivity (Wildman–Crippen MR) is 78.1 cm³/mol. The van der Waals surface area contributed by atoms with E-state index in [0.29, 0.717) is 18.1 Å². The molecule has 2 aromatic rings. The lowest BCUT2D eigenvalue weighted by molar-refractivity contribution is 0.805. The molecule has 1 aliphatic heterocycles. The smallest absolute Gasteiger partial charge is 0.274 e. The van der Waals surface area contributed by atoms with E-state index in [9.17, 15) is 4.79 Å². The van der Waals surface area contributed by atoms with E-state index in [-0.39, 0.29) is 5.56 Å². The first-order valence-corrected chi connectivity index (χ1v) is 6.99. The van der Waals surface area contributed by atoms with E-state index < -0.39 is 0 Å². The fourth-order valence-electron chi connectivity index (χ4n) is 2.44. The molecule has 5 nitrogen and oxygen atoms in total. The maximum atomic E-state index is 12.1. The van der Waals surface area contributed by atoms with Gasteiger partial charge in [-0.25, -0.2) is 0 Å². The van der Waals surface area contributed by atoms with Crippen LogP contribution in [0.2, 0.25) is 0 Å². The number of H-pyrrole nitrogens is 1. The minimum atomic E-state index is -0.137. The summed E-state index contributed by atoms with van der Waals surface area (Å²) in [5.41, 5.74) is 2.61. The highest BCUT2D eigenvalue weighted by Crippen LogP contribution is 2.13. The maximum Gasteiger partial charge on any atom is 0.274 e. The number of hydrogen-bond donors (Lipinski definition) is 1. The predicted octanol–water partition coefficient (Wildman–Crippen LogP) is 1.66. The monoisotopic (exact) mass is 270 g/mol. The molecular formula is C15H18N4O. The van der Waals surface area contributed by atoms with Crippen molar-refractivity contribution in [3.05, 3.63) is 51.4 Å². The Morgan fingerprint density at radius 3 is 2.50 bits per heavy atom. The molecule has 104 valence electrons. The molecule has 1 aliphatic rings. The molecular weight excluding hydrogens is 252 g/mol. The molecule has 1 saturated heterocycles. The third-order valence-corrected chi connectivity index (χ3v) is 3.65. The van der Waals surface area contributed by atoms with Crippen molar-refractivity contribution < 1.29 is 0 Å². The molecule has 1 N–H and O–H groups in total. The fraction of sp³-hybridized carbons (Fsp3) is 0.400. The Balaban J connectivity index is 1.80. The Morgan fingerprint density at radius 2 is 1.85 bits per heavy atom. The number of aromatic nitrogens is 3. The summed E-state index contributed by atoms with van der Waals surface area (Å²) < 4.78 is 0. The molecule has 0 radical (unpaired) electrons. The third-order valence-electron chi connectivity index (χ3n) is 3.65. The Kier molecular flexibility index (Phi) is 3.50. The Morgan fingerprint density at radius 1 is 1.15 bits per heavy atom. The van der Waals surface area contributed by atoms with Crippen LogP contribution in [0.1, 0.15) is 29.7 Å². The van der Waals surface area contributed by atoms with E-state index in [1.165, 1.54) is 5.56 Å². The van der Waals surface area contributed by atoms with Crippen LogP contribution >= 0.6 is 0 Å². The second kappa shape index (κ2) is 5.45. The van der Waals surface area contributed by atoms with Gasteiger partial charge >= 0.3 is 0 Å². The molecule has 0 unspecified atom stereocenters. The van der Waals surface area contributed by atoms with Gasteiger partial charge in [-0.05, 0) is 25.3 Å². The first-order chi connectivity index (χ1) is 9.72. The van der Waals surface area contributed by atoms with Crippen LogP contribution in [0.4, 0.5) is 5.95 Å². The van der Waals surface area contributed by atoms with Crippen molar-refractivity contribution in [1.29, 1.82) is 0 Å². The number of aromatic amines is 1. The molecule has 1 aromatic heterocycles. The van der Waals surface area contributed by atoms with Crippen molar-refractivity contribution in [3.63, 3.8) is 0 Å². The molecule has 0 bridgehead atoms. The van der Waals surface area contributed by atoms with Crippen molar-refractivity contribution >= 4 is 5.95 Å². The number of benzene rings is 1. The average molecular weight is 270 g/mol. The van der Waals surface area contributed by atoms with Crippen LogP contribution in [0, 0.1) is 6.92 Å². The molecule has 20 heavy (non-hydrogen) atoms. The summed E-state index contributed by atoms with van der Waals surface area (Å²) in [6.07, 6.45) is 2.81. The van der Waals surface area contributed by atoms with E-state index in [1.54, 1.807) is 0 Å². The lowest BCUT2D eigenvalue weighted by Crippen LogP contribution is -2.26. The summed E-state index contributed by atoms with van der Waals surface area (Å²) in [4.78, 5) is 17.0. The van der Waals surface area contributed by atoms with Crippen LogP contribution in [0.5, 0.6) is 0 Å². The first kappa shape index (κ1) is 12.8. The topological polar surface area (TPSA) is 61.9 Å². The SMILES string of the molecule is Cc1ccc(Cc2nnc(N3CCCC3)[nH]c2=O)cc1. The minimum absolute atomic E-state index is 0.137. The van der Waals surface area contributed by atoms with Gasteiger partial charge in [-0.2, -0.15) is 0 Å². The summed E-state index contributed by atoms with van der Waals surface area (Å²) >= 11 is 0. The zero-order chi connectivity index (χ0) is 13.9. The zero-order valence-electron chi connectivity index (χ0n) is 11.6. The quantitative estimate of drug-likeness (QED) is 0.921. The van der Waals surface area contributed by atoms with Crippen LogP contribution in [0.3, 0.4) is 0 Å². The van der Waals surface area contributed by atoms with E-state index >= 15 is 0 Å². The Labute approximate surface area is 117 Å². The number of aryl methyl sites for hydroxylation is 1. The van der Waals surface area contributed by atoms with Crippen molar-refractivity contribution in [3.8, 4) is 0 Å². The molecule has 0 spiro atoms. The summed E-state index contributed by atoms with van der Waals surface area (Å²) in [5.74, 6) is 0.597. The summed E-state index contributed by atoms with van der Waals surface area (Å²) in [6, 6.07) is 8.11. The van der Waals surface area contributed by atoms with Gasteiger partial charge in [-0.3, -0.25) is 9.78 Å². The molecule has 0 aliphatic carbocycles. The van der Waals surface area contributed by atoms with Crippen LogP contribution < -0.4 is 10.5 Å². The van der Waals surface area contributed by atoms with Crippen LogP contribution in [0.25, 0.3) is 0 Å². The largest absolute Gasteiger partial charge is 0.341 e. The average Bonchev–Trinajstić information content (AvgIpc) is 2.97. The molecule has 3 rings (SSSR count). The van der Waals surface area contributed by atoms with Gasteiger partial charge in [0, 0.05) is 19.5 Å². The van der Waals surface area contributed by atoms with Crippen molar-refractivity contribution in [2.45, 2.75) is 26.2 Å². The molecule has 0 atom stereocenters. The van der Waals surface area contributed by atoms with Crippen LogP contribution in [-0.4, -0.2) is 28.3 Å². The summed E-state index contributed by atoms with van der Waals surface area (Å²) in [7, 11) is 0. The first-order valence-electron chi connectivity index (χ1n) is 6.99. The van der Waals surface area contributed by atoms with Crippen molar-refractivity contribution in [1.82, 2.24) is 15.2 Å². The zero-order valence-corrected chi connectivity index (χ0v) is 11.6. The van der Waals surface area contributed by atoms with Gasteiger partial charge in [0.25, 0.3) is 5.56 Å². The van der Waals surface area contributed by atoms with Gasteiger partial charge in [-0.1, -0.05) is 29.8 Å². The van der Waals surface area contributed by atoms with Gasteiger partial charge in [0.1, 0.15) is 5.69 Å². The highest BCUT2D eigenvalue weighted by atomic mass is 16.1. The number of anilines is 1. The number of nitrogens with zero attached hydrogens (tertiary/aromatic N) is 3. The third kappa shape index (κ3) is 2.71. The van der Waals surface area contributed by atoms with E-state index in [0.717, 1.165) is 31.5 Å². The normalized spacial score (nSPS) is 14.8. The molecule has 0 saturated carbocycles. The van der Waals surface area contributed by atoms with Crippen molar-refractivity contribution in [2.24, 2.45) is 0 Å². The number of nitrogens with one attached hydrogen (secondary N) is 1. The second-order valence-corrected chi connectivity index (χ2v) is 5.28. The second-order valence-electron chi connectivity index (χ2n) is 5.28. The Bertz CT molecular complexity index is 642. The fourth-order valence-corrected chi connectivity index (χ4v) is 2.44. The van der Waals surface area contributed by atoms with Gasteiger partial charge in [0.2, 0.25) is 5.95 Å². The Hall–Kier alpha value is -2.17. The molecule has 1 aromatic carbocycles. The van der Waals surface area contributed by atoms with E-state index in [1.807, 2.05) is 31.2 Å². The number of rotatable bonds is 3. The highest BCUT2D eigenvalue weighted by Gasteiger charge is 2.15. The highest BCUT2D eigenvalue weighted by molar-refractivity contribution is 5.30.